The molecule has 0 spiro atoms. The minimum Gasteiger partial charge on any atom is -0.395 e. The SMILES string of the molecule is O=C(CCS)N(CCO)CC(F)F. The maximum atomic E-state index is 11.9. The van der Waals surface area contributed by atoms with Gasteiger partial charge in [-0.1, -0.05) is 0 Å². The van der Waals surface area contributed by atoms with E-state index >= 15 is 0 Å². The highest BCUT2D eigenvalue weighted by Gasteiger charge is 2.16. The van der Waals surface area contributed by atoms with Gasteiger partial charge in [-0.15, -0.1) is 0 Å². The van der Waals surface area contributed by atoms with Crippen molar-refractivity contribution in [2.45, 2.75) is 12.8 Å². The van der Waals surface area contributed by atoms with E-state index in [0.29, 0.717) is 5.75 Å². The van der Waals surface area contributed by atoms with E-state index in [1.54, 1.807) is 0 Å². The van der Waals surface area contributed by atoms with E-state index in [9.17, 15) is 13.6 Å². The normalized spacial score (nSPS) is 10.5. The average Bonchev–Trinajstić information content (AvgIpc) is 2.03. The van der Waals surface area contributed by atoms with Gasteiger partial charge in [0.2, 0.25) is 5.91 Å². The van der Waals surface area contributed by atoms with E-state index in [0.717, 1.165) is 4.90 Å². The number of amides is 1. The summed E-state index contributed by atoms with van der Waals surface area (Å²) in [5.74, 6) is -0.0753. The van der Waals surface area contributed by atoms with Crippen LogP contribution in [0.2, 0.25) is 0 Å². The van der Waals surface area contributed by atoms with Crippen molar-refractivity contribution in [3.63, 3.8) is 0 Å². The van der Waals surface area contributed by atoms with Crippen molar-refractivity contribution in [3.05, 3.63) is 0 Å². The number of rotatable bonds is 6. The topological polar surface area (TPSA) is 40.5 Å². The van der Waals surface area contributed by atoms with Crippen molar-refractivity contribution in [1.82, 2.24) is 4.90 Å². The van der Waals surface area contributed by atoms with Crippen LogP contribution in [-0.2, 0) is 4.79 Å². The highest BCUT2D eigenvalue weighted by molar-refractivity contribution is 7.80. The van der Waals surface area contributed by atoms with E-state index in [1.165, 1.54) is 0 Å². The zero-order chi connectivity index (χ0) is 10.3. The molecule has 0 aromatic carbocycles. The fourth-order valence-electron chi connectivity index (χ4n) is 0.859. The van der Waals surface area contributed by atoms with Crippen LogP contribution in [0, 0.1) is 0 Å². The molecule has 3 nitrogen and oxygen atoms in total. The quantitative estimate of drug-likeness (QED) is 0.627. The number of aliphatic hydroxyl groups excluding tert-OH is 1. The Morgan fingerprint density at radius 3 is 2.54 bits per heavy atom. The lowest BCUT2D eigenvalue weighted by Crippen LogP contribution is -2.37. The van der Waals surface area contributed by atoms with Crippen molar-refractivity contribution in [2.75, 3.05) is 25.4 Å². The number of alkyl halides is 2. The van der Waals surface area contributed by atoms with Crippen LogP contribution in [0.1, 0.15) is 6.42 Å². The van der Waals surface area contributed by atoms with Crippen molar-refractivity contribution in [3.8, 4) is 0 Å². The van der Waals surface area contributed by atoms with Gasteiger partial charge in [-0.05, 0) is 5.75 Å². The first-order valence-corrected chi connectivity index (χ1v) is 4.52. The molecular formula is C7H13F2NO2S. The summed E-state index contributed by atoms with van der Waals surface area (Å²) in [5, 5.41) is 8.51. The fourth-order valence-corrected chi connectivity index (χ4v) is 1.05. The first kappa shape index (κ1) is 12.6. The van der Waals surface area contributed by atoms with Gasteiger partial charge in [0.25, 0.3) is 6.43 Å². The van der Waals surface area contributed by atoms with E-state index in [2.05, 4.69) is 12.6 Å². The van der Waals surface area contributed by atoms with E-state index in [-0.39, 0.29) is 19.6 Å². The molecule has 78 valence electrons. The summed E-state index contributed by atoms with van der Waals surface area (Å²) in [6, 6.07) is 0. The summed E-state index contributed by atoms with van der Waals surface area (Å²) in [6.45, 7) is -0.963. The van der Waals surface area contributed by atoms with Crippen LogP contribution < -0.4 is 0 Å². The number of nitrogens with zero attached hydrogens (tertiary/aromatic N) is 1. The molecule has 0 rings (SSSR count). The Balaban J connectivity index is 3.98. The largest absolute Gasteiger partial charge is 0.395 e. The number of hydrogen-bond acceptors (Lipinski definition) is 3. The molecule has 0 radical (unpaired) electrons. The van der Waals surface area contributed by atoms with Gasteiger partial charge in [0.15, 0.2) is 0 Å². The molecule has 6 heteroatoms. The van der Waals surface area contributed by atoms with Gasteiger partial charge in [-0.25, -0.2) is 8.78 Å². The highest BCUT2D eigenvalue weighted by atomic mass is 32.1. The lowest BCUT2D eigenvalue weighted by atomic mass is 10.3. The summed E-state index contributed by atoms with van der Waals surface area (Å²) in [5.41, 5.74) is 0. The predicted octanol–water partition coefficient (Wildman–Crippen LogP) is 0.392. The smallest absolute Gasteiger partial charge is 0.255 e. The van der Waals surface area contributed by atoms with Gasteiger partial charge in [0.1, 0.15) is 0 Å². The fraction of sp³-hybridized carbons (Fsp3) is 0.857. The predicted molar refractivity (Wildman–Crippen MR) is 48.1 cm³/mol. The Kier molecular flexibility index (Phi) is 6.89. The van der Waals surface area contributed by atoms with Gasteiger partial charge in [0, 0.05) is 13.0 Å². The molecule has 0 fully saturated rings. The van der Waals surface area contributed by atoms with Gasteiger partial charge >= 0.3 is 0 Å². The Morgan fingerprint density at radius 2 is 2.15 bits per heavy atom. The van der Waals surface area contributed by atoms with Crippen LogP contribution >= 0.6 is 12.6 Å². The second-order valence-electron chi connectivity index (χ2n) is 2.43. The summed E-state index contributed by atoms with van der Waals surface area (Å²) < 4.78 is 23.8. The standard InChI is InChI=1S/C7H13F2NO2S/c8-6(9)5-10(2-3-11)7(12)1-4-13/h6,11,13H,1-5H2. The minimum atomic E-state index is -2.56. The van der Waals surface area contributed by atoms with Crippen LogP contribution in [0.5, 0.6) is 0 Å². The maximum Gasteiger partial charge on any atom is 0.255 e. The van der Waals surface area contributed by atoms with Gasteiger partial charge in [-0.2, -0.15) is 12.6 Å². The summed E-state index contributed by atoms with van der Waals surface area (Å²) in [4.78, 5) is 12.0. The summed E-state index contributed by atoms with van der Waals surface area (Å²) in [6.07, 6.45) is -2.44. The van der Waals surface area contributed by atoms with Crippen molar-refractivity contribution >= 4 is 18.5 Å². The number of carbonyl (C=O) groups excluding carboxylic acids is 1. The molecule has 0 bridgehead atoms. The highest BCUT2D eigenvalue weighted by Crippen LogP contribution is 2.01. The van der Waals surface area contributed by atoms with Crippen molar-refractivity contribution in [1.29, 1.82) is 0 Å². The lowest BCUT2D eigenvalue weighted by Gasteiger charge is -2.20. The Hall–Kier alpha value is -0.360. The monoisotopic (exact) mass is 213 g/mol. The summed E-state index contributed by atoms with van der Waals surface area (Å²) in [7, 11) is 0. The molecular weight excluding hydrogens is 200 g/mol. The van der Waals surface area contributed by atoms with E-state index < -0.39 is 18.9 Å². The molecule has 0 aromatic rings. The zero-order valence-electron chi connectivity index (χ0n) is 7.12. The maximum absolute atomic E-state index is 11.9. The molecule has 0 atom stereocenters. The van der Waals surface area contributed by atoms with Crippen LogP contribution in [-0.4, -0.2) is 47.8 Å². The Labute approximate surface area is 81.1 Å². The molecule has 1 N–H and O–H groups in total. The van der Waals surface area contributed by atoms with Crippen LogP contribution in [0.25, 0.3) is 0 Å². The first-order chi connectivity index (χ1) is 6.11. The van der Waals surface area contributed by atoms with Gasteiger partial charge in [-0.3, -0.25) is 4.79 Å². The third kappa shape index (κ3) is 5.81. The second kappa shape index (κ2) is 7.08. The van der Waals surface area contributed by atoms with Crippen molar-refractivity contribution in [2.24, 2.45) is 0 Å². The molecule has 13 heavy (non-hydrogen) atoms. The molecule has 0 aliphatic rings. The third-order valence-corrected chi connectivity index (χ3v) is 1.63. The number of aliphatic hydroxyl groups is 1. The number of carbonyl (C=O) groups is 1. The Bertz CT molecular complexity index is 157. The first-order valence-electron chi connectivity index (χ1n) is 3.89. The van der Waals surface area contributed by atoms with E-state index in [4.69, 9.17) is 5.11 Å². The lowest BCUT2D eigenvalue weighted by molar-refractivity contribution is -0.133. The van der Waals surface area contributed by atoms with Crippen molar-refractivity contribution < 1.29 is 18.7 Å². The molecule has 0 aliphatic heterocycles. The molecule has 0 aromatic heterocycles. The molecule has 0 heterocycles. The van der Waals surface area contributed by atoms with Gasteiger partial charge < -0.3 is 10.0 Å². The molecule has 0 saturated heterocycles. The van der Waals surface area contributed by atoms with E-state index in [1.807, 2.05) is 0 Å². The Morgan fingerprint density at radius 1 is 1.54 bits per heavy atom. The molecule has 0 aliphatic carbocycles. The summed E-state index contributed by atoms with van der Waals surface area (Å²) >= 11 is 3.82. The number of halogens is 2. The molecule has 0 saturated carbocycles. The van der Waals surface area contributed by atoms with Gasteiger partial charge in [0.05, 0.1) is 13.2 Å². The van der Waals surface area contributed by atoms with Crippen LogP contribution in [0.15, 0.2) is 0 Å². The second-order valence-corrected chi connectivity index (χ2v) is 2.88. The van der Waals surface area contributed by atoms with Crippen LogP contribution in [0.3, 0.4) is 0 Å². The zero-order valence-corrected chi connectivity index (χ0v) is 8.01. The molecule has 1 amide bonds. The third-order valence-electron chi connectivity index (χ3n) is 1.41. The number of hydrogen-bond donors (Lipinski definition) is 2. The number of thiol groups is 1. The van der Waals surface area contributed by atoms with Crippen LogP contribution in [0.4, 0.5) is 8.78 Å². The average molecular weight is 213 g/mol. The molecule has 0 unspecified atom stereocenters. The minimum absolute atomic E-state index is 0.0447.